The Bertz CT molecular complexity index is 320. The van der Waals surface area contributed by atoms with Crippen molar-refractivity contribution < 1.29 is 9.53 Å². The molecule has 1 heterocycles. The van der Waals surface area contributed by atoms with E-state index in [0.29, 0.717) is 11.5 Å². The van der Waals surface area contributed by atoms with Crippen LogP contribution in [0.5, 0.6) is 0 Å². The monoisotopic (exact) mass is 213 g/mol. The highest BCUT2D eigenvalue weighted by atomic mass is 32.1. The number of unbranched alkanes of at least 4 members (excludes halogenated alkanes) is 1. The van der Waals surface area contributed by atoms with Crippen molar-refractivity contribution in [3.63, 3.8) is 0 Å². The normalized spacial score (nSPS) is 10.2. The summed E-state index contributed by atoms with van der Waals surface area (Å²) < 4.78 is 5.09. The van der Waals surface area contributed by atoms with Crippen molar-refractivity contribution in [3.8, 4) is 0 Å². The lowest BCUT2D eigenvalue weighted by molar-refractivity contribution is 0.0504. The van der Waals surface area contributed by atoms with Gasteiger partial charge in [-0.1, -0.05) is 13.3 Å². The molecule has 0 aliphatic rings. The van der Waals surface area contributed by atoms with Crippen LogP contribution in [0, 0.1) is 13.8 Å². The minimum absolute atomic E-state index is 0.235. The summed E-state index contributed by atoms with van der Waals surface area (Å²) in [6.07, 6.45) is 1.95. The number of nitrogens with zero attached hydrogens (tertiary/aromatic N) is 1. The first-order valence-corrected chi connectivity index (χ1v) is 5.58. The highest BCUT2D eigenvalue weighted by Gasteiger charge is 2.14. The van der Waals surface area contributed by atoms with Crippen molar-refractivity contribution in [1.82, 2.24) is 4.98 Å². The molecule has 0 bridgehead atoms. The van der Waals surface area contributed by atoms with Gasteiger partial charge in [-0.05, 0) is 20.3 Å². The van der Waals surface area contributed by atoms with E-state index in [1.54, 1.807) is 0 Å². The molecule has 0 fully saturated rings. The smallest absolute Gasteiger partial charge is 0.350 e. The second-order valence-electron chi connectivity index (χ2n) is 3.14. The average Bonchev–Trinajstić information content (AvgIpc) is 2.45. The zero-order chi connectivity index (χ0) is 10.6. The molecule has 0 saturated heterocycles. The lowest BCUT2D eigenvalue weighted by Crippen LogP contribution is -2.05. The molecule has 14 heavy (non-hydrogen) atoms. The maximum Gasteiger partial charge on any atom is 0.350 e. The van der Waals surface area contributed by atoms with Gasteiger partial charge in [-0.2, -0.15) is 0 Å². The Kier molecular flexibility index (Phi) is 4.07. The average molecular weight is 213 g/mol. The van der Waals surface area contributed by atoms with E-state index in [4.69, 9.17) is 4.74 Å². The second kappa shape index (κ2) is 5.10. The van der Waals surface area contributed by atoms with E-state index < -0.39 is 0 Å². The zero-order valence-electron chi connectivity index (χ0n) is 8.79. The van der Waals surface area contributed by atoms with Gasteiger partial charge in [0.05, 0.1) is 17.3 Å². The molecule has 0 amide bonds. The summed E-state index contributed by atoms with van der Waals surface area (Å²) >= 11 is 1.39. The van der Waals surface area contributed by atoms with Crippen LogP contribution in [0.1, 0.15) is 40.1 Å². The van der Waals surface area contributed by atoms with Gasteiger partial charge in [0.2, 0.25) is 0 Å². The summed E-state index contributed by atoms with van der Waals surface area (Å²) in [5, 5.41) is 0.907. The Hall–Kier alpha value is -0.900. The Labute approximate surface area is 88.1 Å². The summed E-state index contributed by atoms with van der Waals surface area (Å²) in [5.74, 6) is -0.235. The van der Waals surface area contributed by atoms with Gasteiger partial charge in [0.1, 0.15) is 4.88 Å². The number of hydrogen-bond acceptors (Lipinski definition) is 4. The largest absolute Gasteiger partial charge is 0.461 e. The van der Waals surface area contributed by atoms with E-state index in [-0.39, 0.29) is 5.97 Å². The van der Waals surface area contributed by atoms with Crippen LogP contribution in [-0.2, 0) is 4.74 Å². The molecular formula is C10H15NO2S. The number of thiazole rings is 1. The Morgan fingerprint density at radius 1 is 1.50 bits per heavy atom. The van der Waals surface area contributed by atoms with Crippen LogP contribution in [0.15, 0.2) is 0 Å². The molecule has 1 aromatic rings. The summed E-state index contributed by atoms with van der Waals surface area (Å²) in [6.45, 7) is 6.29. The van der Waals surface area contributed by atoms with Gasteiger partial charge < -0.3 is 4.74 Å². The Balaban J connectivity index is 2.56. The number of hydrogen-bond donors (Lipinski definition) is 0. The number of aromatic nitrogens is 1. The van der Waals surface area contributed by atoms with Crippen molar-refractivity contribution in [2.75, 3.05) is 6.61 Å². The lowest BCUT2D eigenvalue weighted by Gasteiger charge is -2.01. The van der Waals surface area contributed by atoms with Crippen molar-refractivity contribution in [2.45, 2.75) is 33.6 Å². The molecule has 0 saturated carbocycles. The van der Waals surface area contributed by atoms with Gasteiger partial charge in [-0.25, -0.2) is 9.78 Å². The molecule has 3 nitrogen and oxygen atoms in total. The van der Waals surface area contributed by atoms with Gasteiger partial charge in [-0.3, -0.25) is 0 Å². The van der Waals surface area contributed by atoms with E-state index in [1.165, 1.54) is 11.3 Å². The number of carbonyl (C=O) groups excluding carboxylic acids is 1. The van der Waals surface area contributed by atoms with Gasteiger partial charge >= 0.3 is 5.97 Å². The maximum absolute atomic E-state index is 11.5. The van der Waals surface area contributed by atoms with Gasteiger partial charge in [0, 0.05) is 0 Å². The molecule has 0 aliphatic carbocycles. The van der Waals surface area contributed by atoms with Crippen LogP contribution in [0.2, 0.25) is 0 Å². The van der Waals surface area contributed by atoms with Crippen molar-refractivity contribution in [3.05, 3.63) is 15.6 Å². The van der Waals surface area contributed by atoms with Crippen LogP contribution < -0.4 is 0 Å². The first kappa shape index (κ1) is 11.2. The fourth-order valence-electron chi connectivity index (χ4n) is 1.10. The molecule has 0 atom stereocenters. The summed E-state index contributed by atoms with van der Waals surface area (Å²) in [4.78, 5) is 16.3. The summed E-state index contributed by atoms with van der Waals surface area (Å²) in [7, 11) is 0. The minimum atomic E-state index is -0.235. The molecule has 78 valence electrons. The van der Waals surface area contributed by atoms with Gasteiger partial charge in [-0.15, -0.1) is 11.3 Å². The fourth-order valence-corrected chi connectivity index (χ4v) is 1.91. The second-order valence-corrected chi connectivity index (χ2v) is 4.34. The number of esters is 1. The van der Waals surface area contributed by atoms with Crippen molar-refractivity contribution in [2.24, 2.45) is 0 Å². The number of aryl methyl sites for hydroxylation is 2. The molecule has 4 heteroatoms. The Morgan fingerprint density at radius 3 is 2.71 bits per heavy atom. The fraction of sp³-hybridized carbons (Fsp3) is 0.600. The third-order valence-corrected chi connectivity index (χ3v) is 2.87. The van der Waals surface area contributed by atoms with Gasteiger partial charge in [0.25, 0.3) is 0 Å². The van der Waals surface area contributed by atoms with E-state index in [1.807, 2.05) is 13.8 Å². The SMILES string of the molecule is CCCCOC(=O)c1sc(C)nc1C. The highest BCUT2D eigenvalue weighted by molar-refractivity contribution is 7.13. The molecule has 0 radical (unpaired) electrons. The van der Waals surface area contributed by atoms with E-state index in [2.05, 4.69) is 11.9 Å². The first-order valence-electron chi connectivity index (χ1n) is 4.76. The van der Waals surface area contributed by atoms with Crippen molar-refractivity contribution in [1.29, 1.82) is 0 Å². The van der Waals surface area contributed by atoms with Crippen LogP contribution in [0.25, 0.3) is 0 Å². The molecule has 1 aromatic heterocycles. The summed E-state index contributed by atoms with van der Waals surface area (Å²) in [5.41, 5.74) is 0.772. The molecular weight excluding hydrogens is 198 g/mol. The topological polar surface area (TPSA) is 39.2 Å². The number of carbonyl (C=O) groups is 1. The quantitative estimate of drug-likeness (QED) is 0.570. The predicted octanol–water partition coefficient (Wildman–Crippen LogP) is 2.72. The predicted molar refractivity (Wildman–Crippen MR) is 56.8 cm³/mol. The Morgan fingerprint density at radius 2 is 2.21 bits per heavy atom. The molecule has 0 N–H and O–H groups in total. The van der Waals surface area contributed by atoms with E-state index in [0.717, 1.165) is 23.5 Å². The standard InChI is InChI=1S/C10H15NO2S/c1-4-5-6-13-10(12)9-7(2)11-8(3)14-9/h4-6H2,1-3H3. The molecule has 0 aromatic carbocycles. The van der Waals surface area contributed by atoms with E-state index in [9.17, 15) is 4.79 Å². The number of rotatable bonds is 4. The van der Waals surface area contributed by atoms with Crippen molar-refractivity contribution >= 4 is 17.3 Å². The van der Waals surface area contributed by atoms with E-state index >= 15 is 0 Å². The number of ether oxygens (including phenoxy) is 1. The summed E-state index contributed by atoms with van der Waals surface area (Å²) in [6, 6.07) is 0. The third kappa shape index (κ3) is 2.80. The van der Waals surface area contributed by atoms with Crippen LogP contribution in [0.3, 0.4) is 0 Å². The van der Waals surface area contributed by atoms with Gasteiger partial charge in [0.15, 0.2) is 0 Å². The third-order valence-electron chi connectivity index (χ3n) is 1.82. The van der Waals surface area contributed by atoms with Crippen LogP contribution in [0.4, 0.5) is 0 Å². The molecule has 0 spiro atoms. The zero-order valence-corrected chi connectivity index (χ0v) is 9.61. The molecule has 1 rings (SSSR count). The highest BCUT2D eigenvalue weighted by Crippen LogP contribution is 2.18. The molecule has 0 aliphatic heterocycles. The van der Waals surface area contributed by atoms with Crippen LogP contribution in [-0.4, -0.2) is 17.6 Å². The first-order chi connectivity index (χ1) is 6.65. The van der Waals surface area contributed by atoms with Crippen LogP contribution >= 0.6 is 11.3 Å². The molecule has 0 unspecified atom stereocenters. The lowest BCUT2D eigenvalue weighted by atomic mass is 10.3. The maximum atomic E-state index is 11.5. The minimum Gasteiger partial charge on any atom is -0.461 e.